The molecule has 0 aliphatic carbocycles. The molecule has 1 heterocycles. The summed E-state index contributed by atoms with van der Waals surface area (Å²) in [5.74, 6) is 0. The van der Waals surface area contributed by atoms with Gasteiger partial charge < -0.3 is 10.6 Å². The lowest BCUT2D eigenvalue weighted by Crippen LogP contribution is -2.19. The number of nitrogen functional groups attached to an aromatic ring is 1. The third-order valence-corrected chi connectivity index (χ3v) is 3.48. The van der Waals surface area contributed by atoms with Crippen molar-refractivity contribution in [3.8, 4) is 0 Å². The number of pyridine rings is 1. The van der Waals surface area contributed by atoms with Crippen molar-refractivity contribution in [3.05, 3.63) is 52.3 Å². The van der Waals surface area contributed by atoms with Gasteiger partial charge in [0.25, 0.3) is 0 Å². The third-order valence-electron chi connectivity index (χ3n) is 2.95. The Morgan fingerprint density at radius 1 is 1.24 bits per heavy atom. The highest BCUT2D eigenvalue weighted by molar-refractivity contribution is 9.10. The molecule has 0 amide bonds. The van der Waals surface area contributed by atoms with Crippen LogP contribution in [0.5, 0.6) is 0 Å². The van der Waals surface area contributed by atoms with Gasteiger partial charge >= 0.3 is 6.18 Å². The molecule has 2 aromatic rings. The molecule has 2 N–H and O–H groups in total. The molecule has 0 bridgehead atoms. The van der Waals surface area contributed by atoms with Crippen LogP contribution in [0.1, 0.15) is 11.3 Å². The topological polar surface area (TPSA) is 42.2 Å². The lowest BCUT2D eigenvalue weighted by atomic mass is 10.2. The maximum absolute atomic E-state index is 12.7. The van der Waals surface area contributed by atoms with Crippen LogP contribution in [-0.4, -0.2) is 12.0 Å². The number of rotatable bonds is 3. The van der Waals surface area contributed by atoms with Crippen LogP contribution in [-0.2, 0) is 12.7 Å². The molecular formula is C14H13BrF3N3. The second-order valence-electron chi connectivity index (χ2n) is 4.61. The Kier molecular flexibility index (Phi) is 4.41. The minimum Gasteiger partial charge on any atom is -0.396 e. The van der Waals surface area contributed by atoms with Crippen LogP contribution >= 0.6 is 15.9 Å². The van der Waals surface area contributed by atoms with Gasteiger partial charge in [-0.2, -0.15) is 13.2 Å². The van der Waals surface area contributed by atoms with Gasteiger partial charge in [0.15, 0.2) is 0 Å². The second-order valence-corrected chi connectivity index (χ2v) is 5.52. The van der Waals surface area contributed by atoms with E-state index >= 15 is 0 Å². The van der Waals surface area contributed by atoms with Crippen molar-refractivity contribution in [2.75, 3.05) is 17.7 Å². The number of hydrogen-bond donors (Lipinski definition) is 1. The maximum Gasteiger partial charge on any atom is 0.433 e. The molecule has 1 aromatic heterocycles. The van der Waals surface area contributed by atoms with E-state index in [2.05, 4.69) is 20.9 Å². The second kappa shape index (κ2) is 5.93. The molecule has 0 fully saturated rings. The molecule has 1 aromatic carbocycles. The Morgan fingerprint density at radius 2 is 1.86 bits per heavy atom. The van der Waals surface area contributed by atoms with E-state index in [4.69, 9.17) is 5.73 Å². The molecule has 0 unspecified atom stereocenters. The quantitative estimate of drug-likeness (QED) is 0.897. The van der Waals surface area contributed by atoms with Gasteiger partial charge in [-0.3, -0.25) is 0 Å². The largest absolute Gasteiger partial charge is 0.433 e. The zero-order valence-corrected chi connectivity index (χ0v) is 12.7. The maximum atomic E-state index is 12.7. The van der Waals surface area contributed by atoms with Gasteiger partial charge in [0.1, 0.15) is 5.69 Å². The number of hydrogen-bond acceptors (Lipinski definition) is 3. The van der Waals surface area contributed by atoms with Gasteiger partial charge in [-0.15, -0.1) is 0 Å². The van der Waals surface area contributed by atoms with E-state index in [1.807, 2.05) is 24.3 Å². The van der Waals surface area contributed by atoms with Crippen LogP contribution in [0, 0.1) is 0 Å². The summed E-state index contributed by atoms with van der Waals surface area (Å²) >= 11 is 3.33. The fourth-order valence-electron chi connectivity index (χ4n) is 1.89. The molecular weight excluding hydrogens is 347 g/mol. The van der Waals surface area contributed by atoms with E-state index in [9.17, 15) is 13.2 Å². The first-order valence-electron chi connectivity index (χ1n) is 6.05. The molecule has 0 aliphatic rings. The van der Waals surface area contributed by atoms with E-state index in [-0.39, 0.29) is 5.69 Å². The van der Waals surface area contributed by atoms with Gasteiger partial charge in [0.05, 0.1) is 17.6 Å². The number of alkyl halides is 3. The highest BCUT2D eigenvalue weighted by Crippen LogP contribution is 2.32. The molecule has 2 rings (SSSR count). The van der Waals surface area contributed by atoms with Crippen LogP contribution in [0.4, 0.5) is 24.5 Å². The lowest BCUT2D eigenvalue weighted by molar-refractivity contribution is -0.141. The molecule has 0 spiro atoms. The highest BCUT2D eigenvalue weighted by Gasteiger charge is 2.33. The van der Waals surface area contributed by atoms with E-state index in [0.717, 1.165) is 22.3 Å². The van der Waals surface area contributed by atoms with Crippen LogP contribution in [0.3, 0.4) is 0 Å². The summed E-state index contributed by atoms with van der Waals surface area (Å²) in [4.78, 5) is 4.99. The molecule has 0 saturated heterocycles. The average molecular weight is 360 g/mol. The molecule has 21 heavy (non-hydrogen) atoms. The van der Waals surface area contributed by atoms with Gasteiger partial charge in [0.2, 0.25) is 0 Å². The predicted molar refractivity (Wildman–Crippen MR) is 79.9 cm³/mol. The summed E-state index contributed by atoms with van der Waals surface area (Å²) in [5, 5.41) is 0. The zero-order chi connectivity index (χ0) is 15.6. The Morgan fingerprint density at radius 3 is 2.43 bits per heavy atom. The normalized spacial score (nSPS) is 11.5. The minimum absolute atomic E-state index is 0.211. The van der Waals surface area contributed by atoms with Crippen molar-refractivity contribution in [1.29, 1.82) is 0 Å². The number of anilines is 2. The molecule has 3 nitrogen and oxygen atoms in total. The summed E-state index contributed by atoms with van der Waals surface area (Å²) in [6.07, 6.45) is -3.45. The van der Waals surface area contributed by atoms with Gasteiger partial charge in [-0.25, -0.2) is 4.98 Å². The minimum atomic E-state index is -4.49. The van der Waals surface area contributed by atoms with Crippen molar-refractivity contribution >= 4 is 27.3 Å². The highest BCUT2D eigenvalue weighted by atomic mass is 79.9. The Hall–Kier alpha value is -1.76. The summed E-state index contributed by atoms with van der Waals surface area (Å²) in [5.41, 5.74) is 6.26. The first-order chi connectivity index (χ1) is 9.77. The van der Waals surface area contributed by atoms with Gasteiger partial charge in [-0.05, 0) is 23.8 Å². The van der Waals surface area contributed by atoms with Crippen LogP contribution in [0.2, 0.25) is 0 Å². The Bertz CT molecular complexity index is 626. The van der Waals surface area contributed by atoms with E-state index in [1.165, 1.54) is 0 Å². The van der Waals surface area contributed by atoms with E-state index < -0.39 is 11.9 Å². The van der Waals surface area contributed by atoms with Crippen molar-refractivity contribution in [3.63, 3.8) is 0 Å². The Balaban J connectivity index is 2.26. The first-order valence-corrected chi connectivity index (χ1v) is 6.85. The smallest absolute Gasteiger partial charge is 0.396 e. The molecule has 0 aliphatic heterocycles. The standard InChI is InChI=1S/C14H13BrF3N3/c1-21(8-9-2-4-10(15)5-3-9)12-6-13(14(16,17)18)20-7-11(12)19/h2-7H,8,19H2,1H3. The van der Waals surface area contributed by atoms with Gasteiger partial charge in [0, 0.05) is 18.1 Å². The molecule has 0 saturated carbocycles. The van der Waals surface area contributed by atoms with E-state index in [1.54, 1.807) is 11.9 Å². The summed E-state index contributed by atoms with van der Waals surface area (Å²) < 4.78 is 39.1. The van der Waals surface area contributed by atoms with E-state index in [0.29, 0.717) is 12.2 Å². The number of halogens is 4. The first kappa shape index (κ1) is 15.6. The van der Waals surface area contributed by atoms with Gasteiger partial charge in [-0.1, -0.05) is 28.1 Å². The molecule has 7 heteroatoms. The zero-order valence-electron chi connectivity index (χ0n) is 11.2. The van der Waals surface area contributed by atoms with Crippen LogP contribution < -0.4 is 10.6 Å². The molecule has 0 radical (unpaired) electrons. The Labute approximate surface area is 128 Å². The molecule has 0 atom stereocenters. The average Bonchev–Trinajstić information content (AvgIpc) is 2.40. The summed E-state index contributed by atoms with van der Waals surface area (Å²) in [7, 11) is 1.69. The molecule has 112 valence electrons. The monoisotopic (exact) mass is 359 g/mol. The number of nitrogens with two attached hydrogens (primary N) is 1. The summed E-state index contributed by atoms with van der Waals surface area (Å²) in [6.45, 7) is 0.443. The van der Waals surface area contributed by atoms with Crippen molar-refractivity contribution in [2.45, 2.75) is 12.7 Å². The fraction of sp³-hybridized carbons (Fsp3) is 0.214. The van der Waals surface area contributed by atoms with Crippen molar-refractivity contribution in [1.82, 2.24) is 4.98 Å². The number of nitrogens with zero attached hydrogens (tertiary/aromatic N) is 2. The SMILES string of the molecule is CN(Cc1ccc(Br)cc1)c1cc(C(F)(F)F)ncc1N. The predicted octanol–water partition coefficient (Wildman–Crippen LogP) is 4.08. The number of aromatic nitrogens is 1. The third kappa shape index (κ3) is 3.87. The lowest BCUT2D eigenvalue weighted by Gasteiger charge is -2.22. The van der Waals surface area contributed by atoms with Crippen LogP contribution in [0.15, 0.2) is 41.0 Å². The van der Waals surface area contributed by atoms with Crippen LogP contribution in [0.25, 0.3) is 0 Å². The summed E-state index contributed by atoms with van der Waals surface area (Å²) in [6, 6.07) is 8.50. The van der Waals surface area contributed by atoms with Crippen molar-refractivity contribution < 1.29 is 13.2 Å². The van der Waals surface area contributed by atoms with Crippen molar-refractivity contribution in [2.24, 2.45) is 0 Å². The number of benzene rings is 1. The fourth-order valence-corrected chi connectivity index (χ4v) is 2.15.